The molecule has 0 heterocycles. The van der Waals surface area contributed by atoms with Gasteiger partial charge in [0.1, 0.15) is 0 Å². The monoisotopic (exact) mass is 221 g/mol. The molecule has 0 radical (unpaired) electrons. The lowest BCUT2D eigenvalue weighted by molar-refractivity contribution is 0.282. The highest BCUT2D eigenvalue weighted by Crippen LogP contribution is 2.38. The average molecular weight is 221 g/mol. The minimum absolute atomic E-state index is 0.0545. The predicted octanol–water partition coefficient (Wildman–Crippen LogP) is 2.56. The summed E-state index contributed by atoms with van der Waals surface area (Å²) in [7, 11) is 0. The van der Waals surface area contributed by atoms with Gasteiger partial charge in [0, 0.05) is 11.6 Å². The average Bonchev–Trinajstić information content (AvgIpc) is 3.02. The lowest BCUT2D eigenvalue weighted by atomic mass is 10.1. The number of ether oxygens (including phenoxy) is 1. The molecule has 2 aliphatic rings. The molecule has 16 heavy (non-hydrogen) atoms. The maximum absolute atomic E-state index is 13.7. The summed E-state index contributed by atoms with van der Waals surface area (Å²) in [6, 6.07) is 3.33. The summed E-state index contributed by atoms with van der Waals surface area (Å²) < 4.78 is 19.3. The van der Waals surface area contributed by atoms with E-state index in [9.17, 15) is 4.39 Å². The number of halogens is 1. The Morgan fingerprint density at radius 1 is 1.31 bits per heavy atom. The fourth-order valence-corrected chi connectivity index (χ4v) is 2.32. The first kappa shape index (κ1) is 10.1. The van der Waals surface area contributed by atoms with Crippen molar-refractivity contribution in [2.24, 2.45) is 11.7 Å². The zero-order valence-corrected chi connectivity index (χ0v) is 9.21. The van der Waals surface area contributed by atoms with Crippen LogP contribution in [0.3, 0.4) is 0 Å². The zero-order chi connectivity index (χ0) is 11.1. The Labute approximate surface area is 94.6 Å². The van der Waals surface area contributed by atoms with Crippen LogP contribution in [0.4, 0.5) is 4.39 Å². The van der Waals surface area contributed by atoms with Crippen molar-refractivity contribution >= 4 is 0 Å². The Kier molecular flexibility index (Phi) is 2.36. The molecular weight excluding hydrogens is 205 g/mol. The van der Waals surface area contributed by atoms with Crippen molar-refractivity contribution in [2.75, 3.05) is 6.61 Å². The molecule has 0 spiro atoms. The maximum Gasteiger partial charge on any atom is 0.165 e. The second kappa shape index (κ2) is 3.74. The Bertz CT molecular complexity index is 415. The van der Waals surface area contributed by atoms with E-state index < -0.39 is 0 Å². The van der Waals surface area contributed by atoms with E-state index in [4.69, 9.17) is 10.5 Å². The molecule has 3 rings (SSSR count). The Hall–Kier alpha value is -1.09. The summed E-state index contributed by atoms with van der Waals surface area (Å²) in [5.41, 5.74) is 8.01. The van der Waals surface area contributed by atoms with E-state index in [2.05, 4.69) is 0 Å². The van der Waals surface area contributed by atoms with Gasteiger partial charge in [-0.1, -0.05) is 6.07 Å². The van der Waals surface area contributed by atoms with Crippen molar-refractivity contribution in [3.8, 4) is 5.75 Å². The molecule has 1 saturated carbocycles. The first-order chi connectivity index (χ1) is 7.75. The van der Waals surface area contributed by atoms with E-state index in [0.29, 0.717) is 18.3 Å². The van der Waals surface area contributed by atoms with Gasteiger partial charge < -0.3 is 10.5 Å². The van der Waals surface area contributed by atoms with Crippen molar-refractivity contribution in [1.82, 2.24) is 0 Å². The second-order valence-electron chi connectivity index (χ2n) is 4.84. The van der Waals surface area contributed by atoms with Crippen molar-refractivity contribution < 1.29 is 9.13 Å². The molecule has 2 aliphatic carbocycles. The van der Waals surface area contributed by atoms with E-state index in [1.807, 2.05) is 0 Å². The highest BCUT2D eigenvalue weighted by molar-refractivity contribution is 5.46. The third-order valence-electron chi connectivity index (χ3n) is 3.51. The molecule has 1 aromatic rings. The predicted molar refractivity (Wildman–Crippen MR) is 59.9 cm³/mol. The number of hydrogen-bond donors (Lipinski definition) is 1. The van der Waals surface area contributed by atoms with Crippen molar-refractivity contribution in [2.45, 2.75) is 31.7 Å². The maximum atomic E-state index is 13.7. The summed E-state index contributed by atoms with van der Waals surface area (Å²) in [5.74, 6) is 0.858. The number of hydrogen-bond acceptors (Lipinski definition) is 2. The van der Waals surface area contributed by atoms with Crippen LogP contribution in [0.2, 0.25) is 0 Å². The first-order valence-corrected chi connectivity index (χ1v) is 5.95. The fraction of sp³-hybridized carbons (Fsp3) is 0.538. The van der Waals surface area contributed by atoms with Gasteiger partial charge in [-0.15, -0.1) is 0 Å². The van der Waals surface area contributed by atoms with Gasteiger partial charge in [0.2, 0.25) is 0 Å². The van der Waals surface area contributed by atoms with E-state index in [1.165, 1.54) is 18.9 Å². The molecule has 3 heteroatoms. The van der Waals surface area contributed by atoms with Crippen LogP contribution in [0.15, 0.2) is 12.1 Å². The standard InChI is InChI=1S/C13H16FNO/c14-11-5-3-9-10(4-6-12(9)15)13(11)16-7-8-1-2-8/h3,5,8,12H,1-2,4,6-7,15H2. The van der Waals surface area contributed by atoms with Gasteiger partial charge in [-0.3, -0.25) is 0 Å². The largest absolute Gasteiger partial charge is 0.490 e. The highest BCUT2D eigenvalue weighted by atomic mass is 19.1. The Balaban J connectivity index is 1.89. The van der Waals surface area contributed by atoms with Crippen LogP contribution in [0, 0.1) is 11.7 Å². The van der Waals surface area contributed by atoms with Gasteiger partial charge in [-0.25, -0.2) is 4.39 Å². The van der Waals surface area contributed by atoms with E-state index in [-0.39, 0.29) is 11.9 Å². The summed E-state index contributed by atoms with van der Waals surface area (Å²) in [5, 5.41) is 0. The highest BCUT2D eigenvalue weighted by Gasteiger charge is 2.27. The van der Waals surface area contributed by atoms with Gasteiger partial charge >= 0.3 is 0 Å². The lowest BCUT2D eigenvalue weighted by Gasteiger charge is -2.12. The van der Waals surface area contributed by atoms with Gasteiger partial charge in [-0.2, -0.15) is 0 Å². The molecule has 1 atom stereocenters. The molecule has 0 bridgehead atoms. The van der Waals surface area contributed by atoms with Gasteiger partial charge in [0.15, 0.2) is 11.6 Å². The summed E-state index contributed by atoms with van der Waals surface area (Å²) in [4.78, 5) is 0. The lowest BCUT2D eigenvalue weighted by Crippen LogP contribution is -2.07. The molecule has 0 aromatic heterocycles. The molecule has 1 unspecified atom stereocenters. The number of fused-ring (bicyclic) bond motifs is 1. The van der Waals surface area contributed by atoms with Crippen LogP contribution in [-0.2, 0) is 6.42 Å². The Morgan fingerprint density at radius 2 is 2.12 bits per heavy atom. The topological polar surface area (TPSA) is 35.2 Å². The van der Waals surface area contributed by atoms with Crippen LogP contribution in [0.1, 0.15) is 36.4 Å². The van der Waals surface area contributed by atoms with E-state index in [0.717, 1.165) is 24.0 Å². The molecule has 0 amide bonds. The third-order valence-corrected chi connectivity index (χ3v) is 3.51. The van der Waals surface area contributed by atoms with Gasteiger partial charge in [-0.05, 0) is 43.2 Å². The quantitative estimate of drug-likeness (QED) is 0.851. The van der Waals surface area contributed by atoms with Crippen LogP contribution in [0.25, 0.3) is 0 Å². The van der Waals surface area contributed by atoms with Crippen molar-refractivity contribution in [1.29, 1.82) is 0 Å². The van der Waals surface area contributed by atoms with Gasteiger partial charge in [0.25, 0.3) is 0 Å². The Morgan fingerprint density at radius 3 is 2.88 bits per heavy atom. The molecule has 0 aliphatic heterocycles. The van der Waals surface area contributed by atoms with Crippen LogP contribution >= 0.6 is 0 Å². The molecule has 2 nitrogen and oxygen atoms in total. The molecule has 2 N–H and O–H groups in total. The minimum Gasteiger partial charge on any atom is -0.490 e. The van der Waals surface area contributed by atoms with E-state index >= 15 is 0 Å². The summed E-state index contributed by atoms with van der Waals surface area (Å²) in [6.45, 7) is 0.655. The van der Waals surface area contributed by atoms with Gasteiger partial charge in [0.05, 0.1) is 6.61 Å². The SMILES string of the molecule is NC1CCc2c1ccc(F)c2OCC1CC1. The molecule has 1 aromatic carbocycles. The molecule has 0 saturated heterocycles. The minimum atomic E-state index is -0.242. The third kappa shape index (κ3) is 1.69. The smallest absolute Gasteiger partial charge is 0.165 e. The van der Waals surface area contributed by atoms with Crippen molar-refractivity contribution in [3.63, 3.8) is 0 Å². The van der Waals surface area contributed by atoms with E-state index in [1.54, 1.807) is 6.07 Å². The molecule has 86 valence electrons. The number of nitrogens with two attached hydrogens (primary N) is 1. The normalized spacial score (nSPS) is 23.2. The zero-order valence-electron chi connectivity index (χ0n) is 9.21. The first-order valence-electron chi connectivity index (χ1n) is 5.95. The van der Waals surface area contributed by atoms with Crippen LogP contribution in [0.5, 0.6) is 5.75 Å². The van der Waals surface area contributed by atoms with Crippen LogP contribution in [-0.4, -0.2) is 6.61 Å². The fourth-order valence-electron chi connectivity index (χ4n) is 2.32. The number of benzene rings is 1. The number of rotatable bonds is 3. The molecular formula is C13H16FNO. The summed E-state index contributed by atoms with van der Waals surface area (Å²) >= 11 is 0. The van der Waals surface area contributed by atoms with Crippen molar-refractivity contribution in [3.05, 3.63) is 29.1 Å². The summed E-state index contributed by atoms with van der Waals surface area (Å²) in [6.07, 6.45) is 4.18. The van der Waals surface area contributed by atoms with Crippen LogP contribution < -0.4 is 10.5 Å². The molecule has 1 fully saturated rings. The second-order valence-corrected chi connectivity index (χ2v) is 4.84.